The molecular weight excluding hydrogens is 227 g/mol. The number of hydrogen-bond acceptors (Lipinski definition) is 3. The Kier molecular flexibility index (Phi) is 3.44. The molecule has 4 nitrogen and oxygen atoms in total. The zero-order chi connectivity index (χ0) is 12.5. The average Bonchev–Trinajstić information content (AvgIpc) is 2.56. The molecule has 0 spiro atoms. The largest absolute Gasteiger partial charge is 0.471 e. The number of rotatable bonds is 1. The van der Waals surface area contributed by atoms with Crippen LogP contribution in [0.25, 0.3) is 0 Å². The molecule has 0 unspecified atom stereocenters. The lowest BCUT2D eigenvalue weighted by atomic mass is 10.1. The number of methoxy groups -OCH3 is 1. The van der Waals surface area contributed by atoms with Gasteiger partial charge in [-0.2, -0.15) is 13.2 Å². The fraction of sp³-hybridized carbons (Fsp3) is 0.778. The smallest absolute Gasteiger partial charge is 0.467 e. The number of nitrogens with zero attached hydrogens (tertiary/aromatic N) is 1. The van der Waals surface area contributed by atoms with E-state index in [1.807, 2.05) is 0 Å². The van der Waals surface area contributed by atoms with E-state index in [1.165, 1.54) is 0 Å². The Balaban J connectivity index is 2.85. The molecule has 92 valence electrons. The third kappa shape index (κ3) is 2.45. The van der Waals surface area contributed by atoms with Gasteiger partial charge in [-0.1, -0.05) is 6.92 Å². The Morgan fingerprint density at radius 3 is 2.38 bits per heavy atom. The lowest BCUT2D eigenvalue weighted by Crippen LogP contribution is -2.47. The third-order valence-electron chi connectivity index (χ3n) is 2.49. The van der Waals surface area contributed by atoms with Crippen LogP contribution in [0.15, 0.2) is 0 Å². The Morgan fingerprint density at radius 2 is 1.94 bits per heavy atom. The van der Waals surface area contributed by atoms with Crippen molar-refractivity contribution in [1.82, 2.24) is 4.90 Å². The molecule has 7 heteroatoms. The first kappa shape index (κ1) is 12.8. The van der Waals surface area contributed by atoms with Crippen LogP contribution in [-0.2, 0) is 14.3 Å². The maximum Gasteiger partial charge on any atom is 0.471 e. The summed E-state index contributed by atoms with van der Waals surface area (Å²) in [7, 11) is 1.08. The standard InChI is InChI=1S/C9H12F3NO3/c1-5-3-6(7(14)16-2)13(4-5)8(15)9(10,11)12/h5-6H,3-4H2,1-2H3/t5-,6-/m0/s1. The second-order valence-electron chi connectivity index (χ2n) is 3.84. The third-order valence-corrected chi connectivity index (χ3v) is 2.49. The molecule has 0 saturated carbocycles. The molecule has 1 aliphatic rings. The van der Waals surface area contributed by atoms with Gasteiger partial charge in [-0.05, 0) is 12.3 Å². The molecule has 1 saturated heterocycles. The van der Waals surface area contributed by atoms with Crippen LogP contribution >= 0.6 is 0 Å². The first-order valence-corrected chi connectivity index (χ1v) is 4.73. The highest BCUT2D eigenvalue weighted by Gasteiger charge is 2.49. The molecule has 1 heterocycles. The predicted molar refractivity (Wildman–Crippen MR) is 47.4 cm³/mol. The minimum Gasteiger partial charge on any atom is -0.467 e. The summed E-state index contributed by atoms with van der Waals surface area (Å²) in [6.45, 7) is 1.61. The van der Waals surface area contributed by atoms with Gasteiger partial charge in [-0.25, -0.2) is 4.79 Å². The van der Waals surface area contributed by atoms with Gasteiger partial charge in [0, 0.05) is 6.54 Å². The normalized spacial score (nSPS) is 25.7. The molecule has 0 radical (unpaired) electrons. The minimum atomic E-state index is -4.95. The molecule has 16 heavy (non-hydrogen) atoms. The number of likely N-dealkylation sites (tertiary alicyclic amines) is 1. The van der Waals surface area contributed by atoms with E-state index in [0.29, 0.717) is 4.90 Å². The van der Waals surface area contributed by atoms with E-state index < -0.39 is 24.1 Å². The van der Waals surface area contributed by atoms with Crippen molar-refractivity contribution in [2.75, 3.05) is 13.7 Å². The van der Waals surface area contributed by atoms with Crippen molar-refractivity contribution in [3.05, 3.63) is 0 Å². The number of halogens is 3. The number of hydrogen-bond donors (Lipinski definition) is 0. The Hall–Kier alpha value is -1.27. The second kappa shape index (κ2) is 4.31. The van der Waals surface area contributed by atoms with Crippen LogP contribution in [0.2, 0.25) is 0 Å². The van der Waals surface area contributed by atoms with Crippen molar-refractivity contribution in [2.45, 2.75) is 25.6 Å². The van der Waals surface area contributed by atoms with Gasteiger partial charge in [0.05, 0.1) is 7.11 Å². The maximum atomic E-state index is 12.2. The monoisotopic (exact) mass is 239 g/mol. The summed E-state index contributed by atoms with van der Waals surface area (Å²) >= 11 is 0. The number of alkyl halides is 3. The predicted octanol–water partition coefficient (Wildman–Crippen LogP) is 0.959. The van der Waals surface area contributed by atoms with E-state index >= 15 is 0 Å². The van der Waals surface area contributed by atoms with Crippen LogP contribution in [0.1, 0.15) is 13.3 Å². The molecule has 0 aromatic heterocycles. The first-order chi connectivity index (χ1) is 7.27. The molecule has 0 aromatic carbocycles. The van der Waals surface area contributed by atoms with Crippen LogP contribution in [-0.4, -0.2) is 42.6 Å². The van der Waals surface area contributed by atoms with Gasteiger partial charge in [0.2, 0.25) is 0 Å². The van der Waals surface area contributed by atoms with Crippen LogP contribution in [0.5, 0.6) is 0 Å². The fourth-order valence-electron chi connectivity index (χ4n) is 1.79. The molecule has 1 amide bonds. The molecular formula is C9H12F3NO3. The highest BCUT2D eigenvalue weighted by molar-refractivity contribution is 5.88. The average molecular weight is 239 g/mol. The van der Waals surface area contributed by atoms with E-state index in [4.69, 9.17) is 0 Å². The van der Waals surface area contributed by atoms with E-state index in [0.717, 1.165) is 7.11 Å². The fourth-order valence-corrected chi connectivity index (χ4v) is 1.79. The zero-order valence-corrected chi connectivity index (χ0v) is 8.87. The zero-order valence-electron chi connectivity index (χ0n) is 8.87. The van der Waals surface area contributed by atoms with Gasteiger partial charge < -0.3 is 9.64 Å². The molecule has 1 rings (SSSR count). The lowest BCUT2D eigenvalue weighted by molar-refractivity contribution is -0.188. The van der Waals surface area contributed by atoms with E-state index in [1.54, 1.807) is 6.92 Å². The van der Waals surface area contributed by atoms with Crippen molar-refractivity contribution < 1.29 is 27.5 Å². The Labute approximate surface area is 90.3 Å². The first-order valence-electron chi connectivity index (χ1n) is 4.73. The van der Waals surface area contributed by atoms with Crippen molar-refractivity contribution >= 4 is 11.9 Å². The van der Waals surface area contributed by atoms with Crippen molar-refractivity contribution in [3.63, 3.8) is 0 Å². The maximum absolute atomic E-state index is 12.2. The number of esters is 1. The van der Waals surface area contributed by atoms with E-state index in [2.05, 4.69) is 4.74 Å². The summed E-state index contributed by atoms with van der Waals surface area (Å²) in [5.74, 6) is -2.93. The summed E-state index contributed by atoms with van der Waals surface area (Å²) in [6, 6.07) is -1.12. The number of carbonyl (C=O) groups is 2. The quantitative estimate of drug-likeness (QED) is 0.640. The molecule has 0 aliphatic carbocycles. The van der Waals surface area contributed by atoms with Gasteiger partial charge in [0.15, 0.2) is 0 Å². The Bertz CT molecular complexity index is 303. The number of carbonyl (C=O) groups excluding carboxylic acids is 2. The van der Waals surface area contributed by atoms with Crippen molar-refractivity contribution in [1.29, 1.82) is 0 Å². The number of amides is 1. The summed E-state index contributed by atoms with van der Waals surface area (Å²) in [4.78, 5) is 22.8. The van der Waals surface area contributed by atoms with Gasteiger partial charge >= 0.3 is 18.1 Å². The topological polar surface area (TPSA) is 46.6 Å². The highest BCUT2D eigenvalue weighted by Crippen LogP contribution is 2.28. The lowest BCUT2D eigenvalue weighted by Gasteiger charge is -2.23. The van der Waals surface area contributed by atoms with Crippen LogP contribution in [0, 0.1) is 5.92 Å². The van der Waals surface area contributed by atoms with Gasteiger partial charge in [0.1, 0.15) is 6.04 Å². The Morgan fingerprint density at radius 1 is 1.38 bits per heavy atom. The van der Waals surface area contributed by atoms with Crippen molar-refractivity contribution in [2.24, 2.45) is 5.92 Å². The summed E-state index contributed by atoms with van der Waals surface area (Å²) in [5, 5.41) is 0. The van der Waals surface area contributed by atoms with E-state index in [9.17, 15) is 22.8 Å². The minimum absolute atomic E-state index is 0.0713. The molecule has 0 N–H and O–H groups in total. The van der Waals surface area contributed by atoms with Gasteiger partial charge in [-0.3, -0.25) is 4.79 Å². The SMILES string of the molecule is COC(=O)[C@@H]1C[C@H](C)CN1C(=O)C(F)(F)F. The highest BCUT2D eigenvalue weighted by atomic mass is 19.4. The van der Waals surface area contributed by atoms with Crippen molar-refractivity contribution in [3.8, 4) is 0 Å². The second-order valence-corrected chi connectivity index (χ2v) is 3.84. The number of ether oxygens (including phenoxy) is 1. The van der Waals surface area contributed by atoms with Crippen LogP contribution in [0.3, 0.4) is 0 Å². The summed E-state index contributed by atoms with van der Waals surface area (Å²) in [5.41, 5.74) is 0. The van der Waals surface area contributed by atoms with Crippen LogP contribution in [0.4, 0.5) is 13.2 Å². The van der Waals surface area contributed by atoms with Gasteiger partial charge in [-0.15, -0.1) is 0 Å². The molecule has 0 aromatic rings. The molecule has 1 aliphatic heterocycles. The van der Waals surface area contributed by atoms with Gasteiger partial charge in [0.25, 0.3) is 0 Å². The molecule has 1 fully saturated rings. The molecule has 0 bridgehead atoms. The summed E-state index contributed by atoms with van der Waals surface area (Å²) in [6.07, 6.45) is -4.75. The molecule has 2 atom stereocenters. The summed E-state index contributed by atoms with van der Waals surface area (Å²) < 4.78 is 41.1. The van der Waals surface area contributed by atoms with E-state index in [-0.39, 0.29) is 18.9 Å². The van der Waals surface area contributed by atoms with Crippen LogP contribution < -0.4 is 0 Å².